The van der Waals surface area contributed by atoms with Gasteiger partial charge in [-0.1, -0.05) is 20.8 Å². The summed E-state index contributed by atoms with van der Waals surface area (Å²) in [5, 5.41) is 0. The number of aromatic nitrogens is 1. The summed E-state index contributed by atoms with van der Waals surface area (Å²) in [6.07, 6.45) is 1.97. The van der Waals surface area contributed by atoms with Crippen LogP contribution in [-0.4, -0.2) is 21.3 Å². The molecule has 0 radical (unpaired) electrons. The van der Waals surface area contributed by atoms with Crippen LogP contribution in [0.4, 0.5) is 0 Å². The van der Waals surface area contributed by atoms with Gasteiger partial charge in [0.2, 0.25) is 0 Å². The highest BCUT2D eigenvalue weighted by Crippen LogP contribution is 2.35. The molecule has 0 aliphatic carbocycles. The SMILES string of the molecule is CC(C)(C)C1=Cc2ncsc2CN(C(C)(C)C)C1=O. The summed E-state index contributed by atoms with van der Waals surface area (Å²) in [5.74, 6) is 0.130. The number of fused-ring (bicyclic) bond motifs is 1. The lowest BCUT2D eigenvalue weighted by atomic mass is 9.84. The highest BCUT2D eigenvalue weighted by atomic mass is 32.1. The van der Waals surface area contributed by atoms with E-state index in [2.05, 4.69) is 46.5 Å². The molecule has 0 unspecified atom stereocenters. The van der Waals surface area contributed by atoms with Crippen LogP contribution in [0.1, 0.15) is 52.1 Å². The number of carbonyl (C=O) groups excluding carboxylic acids is 1. The Labute approximate surface area is 119 Å². The maximum atomic E-state index is 12.8. The van der Waals surface area contributed by atoms with Gasteiger partial charge in [-0.05, 0) is 32.3 Å². The Kier molecular flexibility index (Phi) is 3.33. The first-order valence-electron chi connectivity index (χ1n) is 6.57. The van der Waals surface area contributed by atoms with E-state index in [1.807, 2.05) is 16.5 Å². The molecule has 3 nitrogen and oxygen atoms in total. The van der Waals surface area contributed by atoms with Gasteiger partial charge in [-0.2, -0.15) is 0 Å². The molecule has 0 saturated carbocycles. The second kappa shape index (κ2) is 4.44. The second-order valence-corrected chi connectivity index (χ2v) is 7.97. The Bertz CT molecular complexity index is 529. The Hall–Kier alpha value is -1.16. The van der Waals surface area contributed by atoms with Crippen molar-refractivity contribution in [3.63, 3.8) is 0 Å². The lowest BCUT2D eigenvalue weighted by Gasteiger charge is -2.37. The molecule has 4 heteroatoms. The lowest BCUT2D eigenvalue weighted by molar-refractivity contribution is -0.133. The highest BCUT2D eigenvalue weighted by molar-refractivity contribution is 7.09. The minimum atomic E-state index is -0.187. The molecule has 1 amide bonds. The highest BCUT2D eigenvalue weighted by Gasteiger charge is 2.36. The van der Waals surface area contributed by atoms with Gasteiger partial charge in [-0.15, -0.1) is 11.3 Å². The van der Waals surface area contributed by atoms with E-state index in [9.17, 15) is 4.79 Å². The van der Waals surface area contributed by atoms with Crippen molar-refractivity contribution in [2.75, 3.05) is 0 Å². The first kappa shape index (κ1) is 14.3. The summed E-state index contributed by atoms with van der Waals surface area (Å²) in [7, 11) is 0. The molecule has 1 aliphatic heterocycles. The number of hydrogen-bond donors (Lipinski definition) is 0. The van der Waals surface area contributed by atoms with Gasteiger partial charge in [-0.25, -0.2) is 4.98 Å². The smallest absolute Gasteiger partial charge is 0.251 e. The number of rotatable bonds is 0. The van der Waals surface area contributed by atoms with Gasteiger partial charge in [0.15, 0.2) is 0 Å². The van der Waals surface area contributed by atoms with Gasteiger partial charge in [0.25, 0.3) is 5.91 Å². The minimum absolute atomic E-state index is 0.130. The Balaban J connectivity index is 2.57. The molecule has 0 saturated heterocycles. The van der Waals surface area contributed by atoms with Crippen molar-refractivity contribution in [3.8, 4) is 0 Å². The average molecular weight is 278 g/mol. The summed E-state index contributed by atoms with van der Waals surface area (Å²) < 4.78 is 0. The molecule has 2 heterocycles. The minimum Gasteiger partial charge on any atom is -0.329 e. The quantitative estimate of drug-likeness (QED) is 0.724. The van der Waals surface area contributed by atoms with E-state index in [1.54, 1.807) is 11.3 Å². The molecule has 19 heavy (non-hydrogen) atoms. The van der Waals surface area contributed by atoms with Crippen molar-refractivity contribution in [2.24, 2.45) is 5.41 Å². The van der Waals surface area contributed by atoms with Crippen molar-refractivity contribution in [1.82, 2.24) is 9.88 Å². The van der Waals surface area contributed by atoms with Gasteiger partial charge in [0, 0.05) is 11.1 Å². The normalized spacial score (nSPS) is 17.1. The van der Waals surface area contributed by atoms with E-state index in [1.165, 1.54) is 4.88 Å². The molecule has 2 rings (SSSR count). The number of nitrogens with zero attached hydrogens (tertiary/aromatic N) is 2. The number of amides is 1. The van der Waals surface area contributed by atoms with E-state index >= 15 is 0 Å². The second-order valence-electron chi connectivity index (χ2n) is 7.03. The van der Waals surface area contributed by atoms with Crippen molar-refractivity contribution in [3.05, 3.63) is 21.7 Å². The van der Waals surface area contributed by atoms with Gasteiger partial charge in [0.1, 0.15) is 0 Å². The van der Waals surface area contributed by atoms with Crippen LogP contribution in [0.2, 0.25) is 0 Å². The monoisotopic (exact) mass is 278 g/mol. The summed E-state index contributed by atoms with van der Waals surface area (Å²) >= 11 is 1.62. The average Bonchev–Trinajstić information content (AvgIpc) is 2.60. The maximum Gasteiger partial charge on any atom is 0.251 e. The van der Waals surface area contributed by atoms with Crippen LogP contribution >= 0.6 is 11.3 Å². The van der Waals surface area contributed by atoms with Crippen LogP contribution in [0.5, 0.6) is 0 Å². The maximum absolute atomic E-state index is 12.8. The topological polar surface area (TPSA) is 33.2 Å². The third kappa shape index (κ3) is 2.73. The van der Waals surface area contributed by atoms with Crippen LogP contribution in [-0.2, 0) is 11.3 Å². The summed E-state index contributed by atoms with van der Waals surface area (Å²) in [6, 6.07) is 0. The van der Waals surface area contributed by atoms with E-state index in [4.69, 9.17) is 0 Å². The van der Waals surface area contributed by atoms with Gasteiger partial charge >= 0.3 is 0 Å². The molecule has 1 aliphatic rings. The standard InChI is InChI=1S/C15H22N2OS/c1-14(2,3)10-7-11-12(19-9-16-11)8-17(13(10)18)15(4,5)6/h7,9H,8H2,1-6H3. The number of thiazole rings is 1. The van der Waals surface area contributed by atoms with Crippen molar-refractivity contribution in [2.45, 2.75) is 53.6 Å². The molecule has 0 atom stereocenters. The molecule has 0 bridgehead atoms. The van der Waals surface area contributed by atoms with Gasteiger partial charge in [0.05, 0.1) is 22.6 Å². The molecule has 0 spiro atoms. The van der Waals surface area contributed by atoms with E-state index < -0.39 is 0 Å². The summed E-state index contributed by atoms with van der Waals surface area (Å²) in [4.78, 5) is 20.4. The van der Waals surface area contributed by atoms with E-state index in [-0.39, 0.29) is 16.9 Å². The number of carbonyl (C=O) groups is 1. The van der Waals surface area contributed by atoms with Crippen LogP contribution in [0.25, 0.3) is 6.08 Å². The molecule has 1 aromatic heterocycles. The van der Waals surface area contributed by atoms with Crippen LogP contribution in [0.3, 0.4) is 0 Å². The first-order chi connectivity index (χ1) is 8.60. The summed E-state index contributed by atoms with van der Waals surface area (Å²) in [5.41, 5.74) is 3.29. The summed E-state index contributed by atoms with van der Waals surface area (Å²) in [6.45, 7) is 13.1. The van der Waals surface area contributed by atoms with Crippen LogP contribution in [0, 0.1) is 5.41 Å². The fourth-order valence-electron chi connectivity index (χ4n) is 2.15. The predicted octanol–water partition coefficient (Wildman–Crippen LogP) is 3.71. The Morgan fingerprint density at radius 3 is 2.37 bits per heavy atom. The predicted molar refractivity (Wildman–Crippen MR) is 79.8 cm³/mol. The zero-order chi connectivity index (χ0) is 14.4. The molecular weight excluding hydrogens is 256 g/mol. The van der Waals surface area contributed by atoms with Gasteiger partial charge < -0.3 is 4.90 Å². The molecule has 0 N–H and O–H groups in total. The third-order valence-corrected chi connectivity index (χ3v) is 4.18. The molecule has 1 aromatic rings. The van der Waals surface area contributed by atoms with E-state index in [0.717, 1.165) is 11.3 Å². The Morgan fingerprint density at radius 1 is 1.21 bits per heavy atom. The van der Waals surface area contributed by atoms with Crippen LogP contribution < -0.4 is 0 Å². The third-order valence-electron chi connectivity index (χ3n) is 3.35. The van der Waals surface area contributed by atoms with E-state index in [0.29, 0.717) is 6.54 Å². The molecular formula is C15H22N2OS. The molecule has 0 aromatic carbocycles. The first-order valence-corrected chi connectivity index (χ1v) is 7.45. The van der Waals surface area contributed by atoms with Crippen molar-refractivity contribution >= 4 is 23.3 Å². The zero-order valence-electron chi connectivity index (χ0n) is 12.6. The van der Waals surface area contributed by atoms with Crippen molar-refractivity contribution < 1.29 is 4.79 Å². The van der Waals surface area contributed by atoms with Gasteiger partial charge in [-0.3, -0.25) is 4.79 Å². The Morgan fingerprint density at radius 2 is 1.84 bits per heavy atom. The lowest BCUT2D eigenvalue weighted by Crippen LogP contribution is -2.46. The van der Waals surface area contributed by atoms with Crippen molar-refractivity contribution in [1.29, 1.82) is 0 Å². The molecule has 0 fully saturated rings. The fraction of sp³-hybridized carbons (Fsp3) is 0.600. The number of hydrogen-bond acceptors (Lipinski definition) is 3. The fourth-order valence-corrected chi connectivity index (χ4v) is 2.88. The largest absolute Gasteiger partial charge is 0.329 e. The zero-order valence-corrected chi connectivity index (χ0v) is 13.4. The van der Waals surface area contributed by atoms with Crippen LogP contribution in [0.15, 0.2) is 11.1 Å². The molecule has 104 valence electrons.